The first-order chi connectivity index (χ1) is 11.1. The number of fused-ring (bicyclic) bond motifs is 1. The maximum Gasteiger partial charge on any atom is 0.226 e. The van der Waals surface area contributed by atoms with E-state index in [-0.39, 0.29) is 11.9 Å². The SMILES string of the molecule is CN(C)[C@@H](CC(=O)Nc1ccc2cnccc2c1)c1cccs1. The smallest absolute Gasteiger partial charge is 0.226 e. The molecule has 1 N–H and O–H groups in total. The Morgan fingerprint density at radius 3 is 2.87 bits per heavy atom. The summed E-state index contributed by atoms with van der Waals surface area (Å²) in [5.74, 6) is 0.0190. The van der Waals surface area contributed by atoms with E-state index in [1.165, 1.54) is 4.88 Å². The third-order valence-corrected chi connectivity index (χ3v) is 4.77. The zero-order valence-electron chi connectivity index (χ0n) is 13.2. The van der Waals surface area contributed by atoms with Crippen LogP contribution in [-0.4, -0.2) is 29.9 Å². The van der Waals surface area contributed by atoms with E-state index >= 15 is 0 Å². The first-order valence-electron chi connectivity index (χ1n) is 7.47. The second kappa shape index (κ2) is 6.89. The predicted octanol–water partition coefficient (Wildman–Crippen LogP) is 3.93. The Morgan fingerprint density at radius 2 is 2.13 bits per heavy atom. The van der Waals surface area contributed by atoms with E-state index in [0.717, 1.165) is 16.5 Å². The summed E-state index contributed by atoms with van der Waals surface area (Å²) in [5.41, 5.74) is 0.817. The summed E-state index contributed by atoms with van der Waals surface area (Å²) in [4.78, 5) is 19.8. The van der Waals surface area contributed by atoms with Crippen molar-refractivity contribution < 1.29 is 4.79 Å². The number of benzene rings is 1. The molecule has 3 aromatic rings. The number of carbonyl (C=O) groups excluding carboxylic acids is 1. The molecule has 0 aliphatic rings. The van der Waals surface area contributed by atoms with Crippen molar-refractivity contribution in [1.82, 2.24) is 9.88 Å². The second-order valence-electron chi connectivity index (χ2n) is 5.68. The highest BCUT2D eigenvalue weighted by atomic mass is 32.1. The molecule has 23 heavy (non-hydrogen) atoms. The minimum atomic E-state index is 0.0190. The highest BCUT2D eigenvalue weighted by Gasteiger charge is 2.19. The summed E-state index contributed by atoms with van der Waals surface area (Å²) in [5, 5.41) is 7.18. The first-order valence-corrected chi connectivity index (χ1v) is 8.35. The minimum Gasteiger partial charge on any atom is -0.326 e. The number of anilines is 1. The lowest BCUT2D eigenvalue weighted by molar-refractivity contribution is -0.117. The van der Waals surface area contributed by atoms with Gasteiger partial charge in [0.15, 0.2) is 0 Å². The molecule has 0 bridgehead atoms. The Bertz CT molecular complexity index is 799. The monoisotopic (exact) mass is 325 g/mol. The van der Waals surface area contributed by atoms with E-state index in [0.29, 0.717) is 6.42 Å². The van der Waals surface area contributed by atoms with Crippen molar-refractivity contribution in [2.75, 3.05) is 19.4 Å². The average molecular weight is 325 g/mol. The molecule has 2 heterocycles. The Morgan fingerprint density at radius 1 is 1.26 bits per heavy atom. The number of thiophene rings is 1. The number of nitrogens with one attached hydrogen (secondary N) is 1. The largest absolute Gasteiger partial charge is 0.326 e. The third kappa shape index (κ3) is 3.75. The van der Waals surface area contributed by atoms with Gasteiger partial charge < -0.3 is 10.2 Å². The lowest BCUT2D eigenvalue weighted by Gasteiger charge is -2.22. The molecule has 1 atom stereocenters. The van der Waals surface area contributed by atoms with E-state index in [4.69, 9.17) is 0 Å². The summed E-state index contributed by atoms with van der Waals surface area (Å²) in [6.07, 6.45) is 4.01. The molecule has 0 fully saturated rings. The Hall–Kier alpha value is -2.24. The van der Waals surface area contributed by atoms with Gasteiger partial charge in [0.2, 0.25) is 5.91 Å². The van der Waals surface area contributed by atoms with Crippen molar-refractivity contribution in [3.63, 3.8) is 0 Å². The van der Waals surface area contributed by atoms with Crippen molar-refractivity contribution in [3.8, 4) is 0 Å². The van der Waals surface area contributed by atoms with Crippen LogP contribution in [0.15, 0.2) is 54.2 Å². The standard InChI is InChI=1S/C18H19N3OS/c1-21(2)16(17-4-3-9-23-17)11-18(22)20-15-6-5-14-12-19-8-7-13(14)10-15/h3-10,12,16H,11H2,1-2H3,(H,20,22)/t16-/m0/s1. The minimum absolute atomic E-state index is 0.0190. The number of aromatic nitrogens is 1. The summed E-state index contributed by atoms with van der Waals surface area (Å²) < 4.78 is 0. The number of hydrogen-bond acceptors (Lipinski definition) is 4. The molecule has 5 heteroatoms. The van der Waals surface area contributed by atoms with E-state index < -0.39 is 0 Å². The van der Waals surface area contributed by atoms with Crippen molar-refractivity contribution in [2.24, 2.45) is 0 Å². The summed E-state index contributed by atoms with van der Waals surface area (Å²) >= 11 is 1.68. The quantitative estimate of drug-likeness (QED) is 0.773. The fourth-order valence-electron chi connectivity index (χ4n) is 2.57. The third-order valence-electron chi connectivity index (χ3n) is 3.80. The number of rotatable bonds is 5. The fraction of sp³-hybridized carbons (Fsp3) is 0.222. The van der Waals surface area contributed by atoms with E-state index in [1.807, 2.05) is 56.0 Å². The van der Waals surface area contributed by atoms with Gasteiger partial charge in [-0.05, 0) is 49.1 Å². The molecule has 0 aliphatic heterocycles. The molecule has 0 saturated carbocycles. The maximum atomic E-state index is 12.4. The molecule has 0 radical (unpaired) electrons. The van der Waals surface area contributed by atoms with Crippen LogP contribution in [0.5, 0.6) is 0 Å². The van der Waals surface area contributed by atoms with Gasteiger partial charge in [0.25, 0.3) is 0 Å². The first kappa shape index (κ1) is 15.6. The molecule has 0 unspecified atom stereocenters. The van der Waals surface area contributed by atoms with Crippen molar-refractivity contribution in [2.45, 2.75) is 12.5 Å². The van der Waals surface area contributed by atoms with Crippen LogP contribution < -0.4 is 5.32 Å². The number of pyridine rings is 1. The van der Waals surface area contributed by atoms with E-state index in [9.17, 15) is 4.79 Å². The van der Waals surface area contributed by atoms with Crippen LogP contribution >= 0.6 is 11.3 Å². The topological polar surface area (TPSA) is 45.2 Å². The molecular formula is C18H19N3OS. The molecule has 1 aromatic carbocycles. The molecule has 3 rings (SSSR count). The number of hydrogen-bond donors (Lipinski definition) is 1. The van der Waals surface area contributed by atoms with Crippen LogP contribution in [0.3, 0.4) is 0 Å². The van der Waals surface area contributed by atoms with Gasteiger partial charge in [0.1, 0.15) is 0 Å². The van der Waals surface area contributed by atoms with Gasteiger partial charge >= 0.3 is 0 Å². The maximum absolute atomic E-state index is 12.4. The zero-order valence-corrected chi connectivity index (χ0v) is 14.0. The fourth-order valence-corrected chi connectivity index (χ4v) is 3.49. The lowest BCUT2D eigenvalue weighted by Crippen LogP contribution is -2.25. The highest BCUT2D eigenvalue weighted by molar-refractivity contribution is 7.10. The molecule has 4 nitrogen and oxygen atoms in total. The molecule has 2 aromatic heterocycles. The Balaban J connectivity index is 1.72. The lowest BCUT2D eigenvalue weighted by atomic mass is 10.1. The van der Waals surface area contributed by atoms with Gasteiger partial charge in [-0.1, -0.05) is 12.1 Å². The molecule has 1 amide bonds. The number of carbonyl (C=O) groups is 1. The van der Waals surface area contributed by atoms with Crippen LogP contribution in [0.2, 0.25) is 0 Å². The number of amides is 1. The van der Waals surface area contributed by atoms with Gasteiger partial charge in [-0.2, -0.15) is 0 Å². The normalized spacial score (nSPS) is 12.5. The molecule has 0 spiro atoms. The van der Waals surface area contributed by atoms with Gasteiger partial charge in [0, 0.05) is 34.8 Å². The van der Waals surface area contributed by atoms with Crippen LogP contribution in [0.25, 0.3) is 10.8 Å². The summed E-state index contributed by atoms with van der Waals surface area (Å²) in [7, 11) is 4.00. The Kier molecular flexibility index (Phi) is 4.69. The van der Waals surface area contributed by atoms with Crippen LogP contribution in [0, 0.1) is 0 Å². The molecular weight excluding hydrogens is 306 g/mol. The highest BCUT2D eigenvalue weighted by Crippen LogP contribution is 2.27. The number of nitrogens with zero attached hydrogens (tertiary/aromatic N) is 2. The van der Waals surface area contributed by atoms with Crippen LogP contribution in [0.4, 0.5) is 5.69 Å². The molecule has 0 aliphatic carbocycles. The summed E-state index contributed by atoms with van der Waals surface area (Å²) in [6.45, 7) is 0. The molecule has 118 valence electrons. The predicted molar refractivity (Wildman–Crippen MR) is 95.7 cm³/mol. The van der Waals surface area contributed by atoms with Crippen molar-refractivity contribution in [1.29, 1.82) is 0 Å². The molecule has 0 saturated heterocycles. The van der Waals surface area contributed by atoms with E-state index in [2.05, 4.69) is 21.3 Å². The van der Waals surface area contributed by atoms with Crippen LogP contribution in [-0.2, 0) is 4.79 Å². The van der Waals surface area contributed by atoms with Crippen molar-refractivity contribution >= 4 is 33.7 Å². The van der Waals surface area contributed by atoms with E-state index in [1.54, 1.807) is 17.5 Å². The Labute approximate surface area is 139 Å². The van der Waals surface area contributed by atoms with Gasteiger partial charge in [-0.3, -0.25) is 9.78 Å². The van der Waals surface area contributed by atoms with Crippen LogP contribution in [0.1, 0.15) is 17.3 Å². The second-order valence-corrected chi connectivity index (χ2v) is 6.66. The van der Waals surface area contributed by atoms with Gasteiger partial charge in [-0.25, -0.2) is 0 Å². The zero-order chi connectivity index (χ0) is 16.2. The van der Waals surface area contributed by atoms with Gasteiger partial charge in [0.05, 0.1) is 6.04 Å². The van der Waals surface area contributed by atoms with Gasteiger partial charge in [-0.15, -0.1) is 11.3 Å². The summed E-state index contributed by atoms with van der Waals surface area (Å²) in [6, 6.07) is 12.0. The average Bonchev–Trinajstić information content (AvgIpc) is 3.06. The van der Waals surface area contributed by atoms with Crippen molar-refractivity contribution in [3.05, 3.63) is 59.0 Å².